The van der Waals surface area contributed by atoms with E-state index in [2.05, 4.69) is 15.9 Å². The van der Waals surface area contributed by atoms with Gasteiger partial charge in [0.2, 0.25) is 0 Å². The molecule has 1 rings (SSSR count). The molecular formula is C8H6BrFO2. The Morgan fingerprint density at radius 3 is 2.83 bits per heavy atom. The minimum absolute atomic E-state index is 0.168. The standard InChI is InChI=1S/C8H6BrFO2/c9-7-2-1-6(10)3-5(7)4-8(11)12/h1-3H,4H2,(H,11,12). The van der Waals surface area contributed by atoms with Crippen LogP contribution >= 0.6 is 15.9 Å². The average Bonchev–Trinajstić information content (AvgIpc) is 1.96. The summed E-state index contributed by atoms with van der Waals surface area (Å²) in [6, 6.07) is 3.97. The summed E-state index contributed by atoms with van der Waals surface area (Å²) in [5.74, 6) is -1.39. The van der Waals surface area contributed by atoms with Crippen LogP contribution in [-0.4, -0.2) is 11.1 Å². The van der Waals surface area contributed by atoms with Crippen LogP contribution < -0.4 is 0 Å². The maximum Gasteiger partial charge on any atom is 0.307 e. The molecule has 0 amide bonds. The minimum Gasteiger partial charge on any atom is -0.481 e. The SMILES string of the molecule is O=C(O)Cc1cc(F)ccc1Br. The molecule has 0 bridgehead atoms. The Hall–Kier alpha value is -0.900. The fourth-order valence-electron chi connectivity index (χ4n) is 0.842. The van der Waals surface area contributed by atoms with E-state index in [1.54, 1.807) is 0 Å². The molecule has 64 valence electrons. The Bertz CT molecular complexity index is 312. The summed E-state index contributed by atoms with van der Waals surface area (Å²) in [4.78, 5) is 10.3. The number of halogens is 2. The molecule has 0 aliphatic heterocycles. The number of carboxylic acids is 1. The molecule has 0 heterocycles. The van der Waals surface area contributed by atoms with E-state index in [9.17, 15) is 9.18 Å². The maximum absolute atomic E-state index is 12.6. The third-order valence-electron chi connectivity index (χ3n) is 1.35. The van der Waals surface area contributed by atoms with E-state index in [-0.39, 0.29) is 6.42 Å². The van der Waals surface area contributed by atoms with Crippen LogP contribution in [0.5, 0.6) is 0 Å². The first kappa shape index (κ1) is 9.19. The number of aliphatic carboxylic acids is 1. The third-order valence-corrected chi connectivity index (χ3v) is 2.12. The highest BCUT2D eigenvalue weighted by Crippen LogP contribution is 2.18. The number of hydrogen-bond acceptors (Lipinski definition) is 1. The van der Waals surface area contributed by atoms with Crippen molar-refractivity contribution in [3.8, 4) is 0 Å². The van der Waals surface area contributed by atoms with Crippen LogP contribution in [0.25, 0.3) is 0 Å². The molecule has 1 aromatic rings. The fraction of sp³-hybridized carbons (Fsp3) is 0.125. The molecule has 0 radical (unpaired) electrons. The highest BCUT2D eigenvalue weighted by molar-refractivity contribution is 9.10. The number of benzene rings is 1. The van der Waals surface area contributed by atoms with Crippen molar-refractivity contribution < 1.29 is 14.3 Å². The van der Waals surface area contributed by atoms with Gasteiger partial charge in [0.1, 0.15) is 5.82 Å². The number of carboxylic acid groups (broad SMARTS) is 1. The minimum atomic E-state index is -0.971. The van der Waals surface area contributed by atoms with Gasteiger partial charge in [-0.1, -0.05) is 15.9 Å². The quantitative estimate of drug-likeness (QED) is 0.850. The van der Waals surface area contributed by atoms with Gasteiger partial charge in [-0.15, -0.1) is 0 Å². The zero-order chi connectivity index (χ0) is 9.14. The molecule has 2 nitrogen and oxygen atoms in total. The normalized spacial score (nSPS) is 9.83. The van der Waals surface area contributed by atoms with Gasteiger partial charge in [0.15, 0.2) is 0 Å². The second kappa shape index (κ2) is 3.67. The van der Waals surface area contributed by atoms with Gasteiger partial charge in [-0.25, -0.2) is 4.39 Å². The molecule has 12 heavy (non-hydrogen) atoms. The van der Waals surface area contributed by atoms with E-state index >= 15 is 0 Å². The van der Waals surface area contributed by atoms with Gasteiger partial charge in [-0.2, -0.15) is 0 Å². The smallest absolute Gasteiger partial charge is 0.307 e. The van der Waals surface area contributed by atoms with Gasteiger partial charge in [0.05, 0.1) is 6.42 Å². The van der Waals surface area contributed by atoms with E-state index in [1.165, 1.54) is 18.2 Å². The van der Waals surface area contributed by atoms with Gasteiger partial charge >= 0.3 is 5.97 Å². The molecule has 0 atom stereocenters. The zero-order valence-electron chi connectivity index (χ0n) is 6.05. The summed E-state index contributed by atoms with van der Waals surface area (Å²) in [5, 5.41) is 8.44. The summed E-state index contributed by atoms with van der Waals surface area (Å²) in [6.07, 6.45) is -0.168. The lowest BCUT2D eigenvalue weighted by Gasteiger charge is -1.99. The number of hydrogen-bond donors (Lipinski definition) is 1. The van der Waals surface area contributed by atoms with Crippen molar-refractivity contribution in [2.75, 3.05) is 0 Å². The van der Waals surface area contributed by atoms with Crippen molar-refractivity contribution in [3.05, 3.63) is 34.1 Å². The summed E-state index contributed by atoms with van der Waals surface area (Å²) < 4.78 is 13.2. The largest absolute Gasteiger partial charge is 0.481 e. The molecule has 1 aromatic carbocycles. The molecule has 0 saturated carbocycles. The Kier molecular flexibility index (Phi) is 2.81. The zero-order valence-corrected chi connectivity index (χ0v) is 7.64. The van der Waals surface area contributed by atoms with Crippen LogP contribution in [0.4, 0.5) is 4.39 Å². The second-order valence-electron chi connectivity index (χ2n) is 2.31. The molecule has 0 saturated heterocycles. The molecular weight excluding hydrogens is 227 g/mol. The van der Waals surface area contributed by atoms with Crippen LogP contribution in [0.15, 0.2) is 22.7 Å². The fourth-order valence-corrected chi connectivity index (χ4v) is 1.23. The molecule has 0 aliphatic rings. The average molecular weight is 233 g/mol. The molecule has 0 unspecified atom stereocenters. The summed E-state index contributed by atoms with van der Waals surface area (Å²) >= 11 is 3.13. The van der Waals surface area contributed by atoms with Crippen molar-refractivity contribution in [1.82, 2.24) is 0 Å². The van der Waals surface area contributed by atoms with Crippen LogP contribution in [0.2, 0.25) is 0 Å². The van der Waals surface area contributed by atoms with Gasteiger partial charge in [0.25, 0.3) is 0 Å². The first-order valence-electron chi connectivity index (χ1n) is 3.25. The van der Waals surface area contributed by atoms with Crippen molar-refractivity contribution in [2.45, 2.75) is 6.42 Å². The Morgan fingerprint density at radius 1 is 1.58 bits per heavy atom. The van der Waals surface area contributed by atoms with Crippen molar-refractivity contribution in [3.63, 3.8) is 0 Å². The van der Waals surface area contributed by atoms with Crippen molar-refractivity contribution in [2.24, 2.45) is 0 Å². The predicted molar refractivity (Wildman–Crippen MR) is 45.4 cm³/mol. The second-order valence-corrected chi connectivity index (χ2v) is 3.16. The number of rotatable bonds is 2. The Labute approximate surface area is 77.2 Å². The predicted octanol–water partition coefficient (Wildman–Crippen LogP) is 2.22. The number of carbonyl (C=O) groups is 1. The first-order chi connectivity index (χ1) is 5.59. The van der Waals surface area contributed by atoms with E-state index in [4.69, 9.17) is 5.11 Å². The van der Waals surface area contributed by atoms with Gasteiger partial charge < -0.3 is 5.11 Å². The molecule has 0 aromatic heterocycles. The molecule has 0 fully saturated rings. The van der Waals surface area contributed by atoms with E-state index in [0.717, 1.165) is 0 Å². The summed E-state index contributed by atoms with van der Waals surface area (Å²) in [7, 11) is 0. The van der Waals surface area contributed by atoms with Crippen LogP contribution in [0.3, 0.4) is 0 Å². The van der Waals surface area contributed by atoms with E-state index < -0.39 is 11.8 Å². The Morgan fingerprint density at radius 2 is 2.25 bits per heavy atom. The van der Waals surface area contributed by atoms with E-state index in [1.807, 2.05) is 0 Å². The van der Waals surface area contributed by atoms with Crippen LogP contribution in [0.1, 0.15) is 5.56 Å². The highest BCUT2D eigenvalue weighted by Gasteiger charge is 2.05. The van der Waals surface area contributed by atoms with Gasteiger partial charge in [-0.05, 0) is 23.8 Å². The first-order valence-corrected chi connectivity index (χ1v) is 4.04. The highest BCUT2D eigenvalue weighted by atomic mass is 79.9. The van der Waals surface area contributed by atoms with Crippen molar-refractivity contribution in [1.29, 1.82) is 0 Å². The monoisotopic (exact) mass is 232 g/mol. The molecule has 0 aliphatic carbocycles. The van der Waals surface area contributed by atoms with Gasteiger partial charge in [0, 0.05) is 4.47 Å². The van der Waals surface area contributed by atoms with Crippen molar-refractivity contribution >= 4 is 21.9 Å². The van der Waals surface area contributed by atoms with E-state index in [0.29, 0.717) is 10.0 Å². The maximum atomic E-state index is 12.6. The molecule has 4 heteroatoms. The topological polar surface area (TPSA) is 37.3 Å². The summed E-state index contributed by atoms with van der Waals surface area (Å²) in [6.45, 7) is 0. The van der Waals surface area contributed by atoms with Crippen LogP contribution in [-0.2, 0) is 11.2 Å². The third kappa shape index (κ3) is 2.30. The van der Waals surface area contributed by atoms with Gasteiger partial charge in [-0.3, -0.25) is 4.79 Å². The lowest BCUT2D eigenvalue weighted by atomic mass is 10.1. The Balaban J connectivity index is 2.97. The molecule has 1 N–H and O–H groups in total. The molecule has 0 spiro atoms. The lowest BCUT2D eigenvalue weighted by molar-refractivity contribution is -0.136. The summed E-state index contributed by atoms with van der Waals surface area (Å²) in [5.41, 5.74) is 0.447. The van der Waals surface area contributed by atoms with Crippen LogP contribution in [0, 0.1) is 5.82 Å². The lowest BCUT2D eigenvalue weighted by Crippen LogP contribution is -2.01.